The predicted molar refractivity (Wildman–Crippen MR) is 112 cm³/mol. The Hall–Kier alpha value is -1.78. The van der Waals surface area contributed by atoms with E-state index >= 15 is 0 Å². The summed E-state index contributed by atoms with van der Waals surface area (Å²) in [5.41, 5.74) is 2.93. The molecule has 0 unspecified atom stereocenters. The quantitative estimate of drug-likeness (QED) is 0.387. The van der Waals surface area contributed by atoms with Crippen LogP contribution in [-0.4, -0.2) is 38.1 Å². The van der Waals surface area contributed by atoms with E-state index in [-0.39, 0.29) is 23.9 Å². The number of aromatic hydroxyl groups is 1. The van der Waals surface area contributed by atoms with E-state index in [2.05, 4.69) is 58.3 Å². The van der Waals surface area contributed by atoms with E-state index in [0.717, 1.165) is 4.47 Å². The molecule has 0 saturated heterocycles. The van der Waals surface area contributed by atoms with Gasteiger partial charge in [0.25, 0.3) is 5.91 Å². The molecule has 27 heavy (non-hydrogen) atoms. The third kappa shape index (κ3) is 5.85. The molecule has 2 rings (SSSR count). The topological polar surface area (TPSA) is 89.4 Å². The van der Waals surface area contributed by atoms with Crippen LogP contribution in [0.15, 0.2) is 42.8 Å². The molecule has 0 aliphatic rings. The van der Waals surface area contributed by atoms with Crippen molar-refractivity contribution in [2.45, 2.75) is 0 Å². The van der Waals surface area contributed by atoms with Crippen LogP contribution in [0.4, 0.5) is 0 Å². The number of ether oxygens (including phenoxy) is 3. The lowest BCUT2D eigenvalue weighted by Gasteiger charge is -2.10. The lowest BCUT2D eigenvalue weighted by atomic mass is 10.2. The molecule has 0 aliphatic heterocycles. The van der Waals surface area contributed by atoms with Crippen LogP contribution in [-0.2, 0) is 4.79 Å². The summed E-state index contributed by atoms with van der Waals surface area (Å²) in [5.74, 6) is 0.419. The maximum atomic E-state index is 11.9. The number of phenolic OH excluding ortho intramolecular Hbond substituents is 1. The fraction of sp³-hybridized carbons (Fsp3) is 0.176. The Labute approximate surface area is 181 Å². The van der Waals surface area contributed by atoms with E-state index in [1.54, 1.807) is 12.1 Å². The second-order valence-corrected chi connectivity index (χ2v) is 7.68. The van der Waals surface area contributed by atoms with Crippen molar-refractivity contribution in [3.8, 4) is 23.0 Å². The summed E-state index contributed by atoms with van der Waals surface area (Å²) in [7, 11) is 2.85. The van der Waals surface area contributed by atoms with Crippen molar-refractivity contribution in [3.63, 3.8) is 0 Å². The van der Waals surface area contributed by atoms with Gasteiger partial charge in [-0.05, 0) is 56.1 Å². The zero-order chi connectivity index (χ0) is 20.0. The van der Waals surface area contributed by atoms with E-state index in [1.165, 1.54) is 20.4 Å². The van der Waals surface area contributed by atoms with Gasteiger partial charge in [-0.3, -0.25) is 4.79 Å². The molecule has 144 valence electrons. The fourth-order valence-electron chi connectivity index (χ4n) is 2.00. The van der Waals surface area contributed by atoms with Crippen LogP contribution < -0.4 is 19.6 Å². The molecule has 0 fully saturated rings. The summed E-state index contributed by atoms with van der Waals surface area (Å²) in [4.78, 5) is 11.9. The molecular weight excluding hydrogens is 552 g/mol. The summed E-state index contributed by atoms with van der Waals surface area (Å²) in [6.07, 6.45) is 1.40. The third-order valence-corrected chi connectivity index (χ3v) is 4.85. The van der Waals surface area contributed by atoms with Gasteiger partial charge in [-0.1, -0.05) is 15.9 Å². The minimum atomic E-state index is -0.439. The Kier molecular flexibility index (Phi) is 7.93. The lowest BCUT2D eigenvalue weighted by Crippen LogP contribution is -2.24. The van der Waals surface area contributed by atoms with Crippen LogP contribution in [0.1, 0.15) is 5.56 Å². The van der Waals surface area contributed by atoms with Crippen molar-refractivity contribution in [3.05, 3.63) is 43.2 Å². The number of hydrazone groups is 1. The van der Waals surface area contributed by atoms with Gasteiger partial charge >= 0.3 is 0 Å². The first kappa shape index (κ1) is 21.5. The molecule has 0 atom stereocenters. The number of benzene rings is 2. The summed E-state index contributed by atoms with van der Waals surface area (Å²) in [6, 6.07) is 6.73. The van der Waals surface area contributed by atoms with E-state index in [4.69, 9.17) is 14.2 Å². The Bertz CT molecular complexity index is 826. The van der Waals surface area contributed by atoms with Crippen molar-refractivity contribution in [1.29, 1.82) is 0 Å². The smallest absolute Gasteiger partial charge is 0.277 e. The van der Waals surface area contributed by atoms with Crippen molar-refractivity contribution >= 4 is 59.9 Å². The predicted octanol–water partition coefficient (Wildman–Crippen LogP) is 4.23. The average Bonchev–Trinajstić information content (AvgIpc) is 2.61. The number of nitrogens with one attached hydrogen (secondary N) is 1. The second-order valence-electron chi connectivity index (χ2n) is 5.05. The van der Waals surface area contributed by atoms with Crippen molar-refractivity contribution in [1.82, 2.24) is 5.43 Å². The molecule has 0 spiro atoms. The van der Waals surface area contributed by atoms with Crippen molar-refractivity contribution in [2.75, 3.05) is 20.8 Å². The van der Waals surface area contributed by atoms with Crippen LogP contribution in [0, 0.1) is 0 Å². The Balaban J connectivity index is 1.98. The normalized spacial score (nSPS) is 10.7. The lowest BCUT2D eigenvalue weighted by molar-refractivity contribution is -0.123. The second kappa shape index (κ2) is 9.95. The van der Waals surface area contributed by atoms with Gasteiger partial charge in [-0.2, -0.15) is 5.10 Å². The van der Waals surface area contributed by atoms with E-state index < -0.39 is 5.91 Å². The number of hydrogen-bond acceptors (Lipinski definition) is 6. The van der Waals surface area contributed by atoms with E-state index in [0.29, 0.717) is 20.3 Å². The Morgan fingerprint density at radius 1 is 1.11 bits per heavy atom. The number of carbonyl (C=O) groups excluding carboxylic acids is 1. The van der Waals surface area contributed by atoms with Gasteiger partial charge in [-0.25, -0.2) is 5.43 Å². The number of nitrogens with zero attached hydrogens (tertiary/aromatic N) is 1. The highest BCUT2D eigenvalue weighted by molar-refractivity contribution is 9.11. The summed E-state index contributed by atoms with van der Waals surface area (Å²) >= 11 is 10.1. The number of carbonyl (C=O) groups is 1. The average molecular weight is 567 g/mol. The van der Waals surface area contributed by atoms with Crippen molar-refractivity contribution < 1.29 is 24.1 Å². The van der Waals surface area contributed by atoms with Gasteiger partial charge in [0.05, 0.1) is 29.4 Å². The minimum Gasteiger partial charge on any atom is -0.502 e. The first-order valence-electron chi connectivity index (χ1n) is 7.40. The molecule has 1 amide bonds. The highest BCUT2D eigenvalue weighted by Crippen LogP contribution is 2.37. The first-order valence-corrected chi connectivity index (χ1v) is 9.77. The number of hydrogen-bond donors (Lipinski definition) is 2. The number of halogens is 3. The maximum absolute atomic E-state index is 11.9. The monoisotopic (exact) mass is 564 g/mol. The molecule has 7 nitrogen and oxygen atoms in total. The number of methoxy groups -OCH3 is 2. The van der Waals surface area contributed by atoms with Gasteiger partial charge < -0.3 is 19.3 Å². The minimum absolute atomic E-state index is 0.111. The van der Waals surface area contributed by atoms with Crippen molar-refractivity contribution in [2.24, 2.45) is 5.10 Å². The SMILES string of the molecule is COc1cc(/C=N\NC(=O)COc2c(Br)cc(Br)cc2Br)cc(OC)c1O. The summed E-state index contributed by atoms with van der Waals surface area (Å²) in [6.45, 7) is -0.224. The largest absolute Gasteiger partial charge is 0.502 e. The fourth-order valence-corrected chi connectivity index (χ4v) is 4.49. The van der Waals surface area contributed by atoms with E-state index in [9.17, 15) is 9.90 Å². The molecule has 0 saturated carbocycles. The molecule has 0 aromatic heterocycles. The van der Waals surface area contributed by atoms with E-state index in [1.807, 2.05) is 12.1 Å². The standard InChI is InChI=1S/C17H15Br3N2O5/c1-25-13-3-9(4-14(26-2)16(13)24)7-21-22-15(23)8-27-17-11(19)5-10(18)6-12(17)20/h3-7,24H,8H2,1-2H3,(H,22,23)/b21-7-. The zero-order valence-electron chi connectivity index (χ0n) is 14.3. The van der Waals surface area contributed by atoms with Crippen LogP contribution in [0.5, 0.6) is 23.0 Å². The van der Waals surface area contributed by atoms with Crippen LogP contribution in [0.2, 0.25) is 0 Å². The number of rotatable bonds is 7. The molecular formula is C17H15Br3N2O5. The van der Waals surface area contributed by atoms with Crippen LogP contribution in [0.25, 0.3) is 0 Å². The summed E-state index contributed by atoms with van der Waals surface area (Å²) < 4.78 is 17.9. The molecule has 2 N–H and O–H groups in total. The Morgan fingerprint density at radius 3 is 2.19 bits per heavy atom. The van der Waals surface area contributed by atoms with Gasteiger partial charge in [-0.15, -0.1) is 0 Å². The van der Waals surface area contributed by atoms with Gasteiger partial charge in [0.1, 0.15) is 5.75 Å². The maximum Gasteiger partial charge on any atom is 0.277 e. The van der Waals surface area contributed by atoms with Crippen LogP contribution in [0.3, 0.4) is 0 Å². The number of phenols is 1. The number of amides is 1. The molecule has 0 heterocycles. The molecule has 0 bridgehead atoms. The van der Waals surface area contributed by atoms with Gasteiger partial charge in [0.15, 0.2) is 18.1 Å². The highest BCUT2D eigenvalue weighted by atomic mass is 79.9. The molecule has 0 radical (unpaired) electrons. The highest BCUT2D eigenvalue weighted by Gasteiger charge is 2.11. The zero-order valence-corrected chi connectivity index (χ0v) is 19.0. The first-order chi connectivity index (χ1) is 12.8. The van der Waals surface area contributed by atoms with Crippen LogP contribution >= 0.6 is 47.8 Å². The summed E-state index contributed by atoms with van der Waals surface area (Å²) in [5, 5.41) is 13.7. The van der Waals surface area contributed by atoms with Gasteiger partial charge in [0, 0.05) is 10.0 Å². The Morgan fingerprint density at radius 2 is 1.67 bits per heavy atom. The third-order valence-electron chi connectivity index (χ3n) is 3.22. The molecule has 10 heteroatoms. The molecule has 2 aromatic carbocycles. The molecule has 0 aliphatic carbocycles. The molecule has 2 aromatic rings. The van der Waals surface area contributed by atoms with Gasteiger partial charge in [0.2, 0.25) is 5.75 Å².